The molecule has 0 spiro atoms. The average Bonchev–Trinajstić information content (AvgIpc) is 3.10. The van der Waals surface area contributed by atoms with Crippen LogP contribution in [0.2, 0.25) is 0 Å². The topological polar surface area (TPSA) is 92.7 Å². The van der Waals surface area contributed by atoms with Crippen molar-refractivity contribution in [2.75, 3.05) is 33.4 Å². The Bertz CT molecular complexity index is 933. The highest BCUT2D eigenvalue weighted by atomic mass is 32.2. The number of carbonyl (C=O) groups is 1. The summed E-state index contributed by atoms with van der Waals surface area (Å²) in [6.45, 7) is 4.46. The lowest BCUT2D eigenvalue weighted by molar-refractivity contribution is 0.0340. The van der Waals surface area contributed by atoms with Crippen molar-refractivity contribution in [2.45, 2.75) is 18.0 Å². The number of hydrogen-bond donors (Lipinski definition) is 2. The average molecular weight is 407 g/mol. The number of sulfonamides is 1. The third kappa shape index (κ3) is 4.79. The molecule has 1 aromatic carbocycles. The first-order chi connectivity index (χ1) is 13.4. The Labute approximate surface area is 165 Å². The number of carbonyl (C=O) groups excluding carboxylic acids is 1. The van der Waals surface area contributed by atoms with Gasteiger partial charge in [-0.05, 0) is 24.2 Å². The maximum atomic E-state index is 12.6. The zero-order chi connectivity index (χ0) is 20.1. The molecule has 1 aliphatic rings. The molecule has 0 radical (unpaired) electrons. The van der Waals surface area contributed by atoms with Crippen molar-refractivity contribution < 1.29 is 17.9 Å². The molecule has 3 rings (SSSR count). The maximum Gasteiger partial charge on any atom is 0.268 e. The molecule has 2 heterocycles. The number of aryl methyl sites for hydroxylation is 1. The van der Waals surface area contributed by atoms with Gasteiger partial charge < -0.3 is 14.6 Å². The largest absolute Gasteiger partial charge is 0.379 e. The molecule has 1 saturated heterocycles. The molecule has 0 bridgehead atoms. The lowest BCUT2D eigenvalue weighted by Gasteiger charge is -2.27. The zero-order valence-corrected chi connectivity index (χ0v) is 17.0. The van der Waals surface area contributed by atoms with E-state index in [0.717, 1.165) is 44.0 Å². The molecule has 28 heavy (non-hydrogen) atoms. The second-order valence-electron chi connectivity index (χ2n) is 6.72. The van der Waals surface area contributed by atoms with E-state index >= 15 is 0 Å². The Balaban J connectivity index is 1.68. The number of aromatic nitrogens is 1. The van der Waals surface area contributed by atoms with Gasteiger partial charge in [0.2, 0.25) is 10.0 Å². The van der Waals surface area contributed by atoms with Crippen LogP contribution in [0.1, 0.15) is 21.6 Å². The highest BCUT2D eigenvalue weighted by Gasteiger charge is 2.19. The normalized spacial score (nSPS) is 15.5. The Morgan fingerprint density at radius 1 is 1.18 bits per heavy atom. The molecule has 1 aliphatic heterocycles. The molecule has 9 heteroatoms. The highest BCUT2D eigenvalue weighted by molar-refractivity contribution is 7.89. The first-order valence-electron chi connectivity index (χ1n) is 9.15. The van der Waals surface area contributed by atoms with E-state index in [1.807, 2.05) is 18.2 Å². The molecule has 0 saturated carbocycles. The van der Waals surface area contributed by atoms with Crippen LogP contribution >= 0.6 is 0 Å². The molecule has 152 valence electrons. The van der Waals surface area contributed by atoms with E-state index < -0.39 is 10.0 Å². The summed E-state index contributed by atoms with van der Waals surface area (Å²) in [5.74, 6) is -0.318. The van der Waals surface area contributed by atoms with Crippen molar-refractivity contribution in [3.63, 3.8) is 0 Å². The molecule has 0 atom stereocenters. The van der Waals surface area contributed by atoms with Gasteiger partial charge in [-0.1, -0.05) is 24.3 Å². The molecule has 0 unspecified atom stereocenters. The number of benzene rings is 1. The van der Waals surface area contributed by atoms with Crippen LogP contribution < -0.4 is 10.0 Å². The summed E-state index contributed by atoms with van der Waals surface area (Å²) in [5.41, 5.74) is 2.49. The van der Waals surface area contributed by atoms with Crippen LogP contribution in [-0.4, -0.2) is 57.1 Å². The first kappa shape index (κ1) is 20.5. The standard InChI is InChI=1S/C19H26N4O4S/c1-20-28(25,26)17-11-18(22(2)14-17)19(24)21-12-15-5-3-4-6-16(15)13-23-7-9-27-10-8-23/h3-6,11,14,20H,7-10,12-13H2,1-2H3,(H,21,24). The molecule has 8 nitrogen and oxygen atoms in total. The fraction of sp³-hybridized carbons (Fsp3) is 0.421. The Morgan fingerprint density at radius 3 is 2.54 bits per heavy atom. The number of rotatable bonds is 7. The van der Waals surface area contributed by atoms with Gasteiger partial charge in [-0.15, -0.1) is 0 Å². The number of nitrogens with one attached hydrogen (secondary N) is 2. The van der Waals surface area contributed by atoms with E-state index in [-0.39, 0.29) is 10.8 Å². The molecule has 0 aliphatic carbocycles. The van der Waals surface area contributed by atoms with E-state index in [0.29, 0.717) is 12.2 Å². The number of nitrogens with zero attached hydrogens (tertiary/aromatic N) is 2. The zero-order valence-electron chi connectivity index (χ0n) is 16.1. The Hall–Kier alpha value is -2.20. The second kappa shape index (κ2) is 8.87. The predicted octanol–water partition coefficient (Wildman–Crippen LogP) is 0.695. The lowest BCUT2D eigenvalue weighted by atomic mass is 10.1. The summed E-state index contributed by atoms with van der Waals surface area (Å²) in [5, 5.41) is 2.90. The van der Waals surface area contributed by atoms with Crippen molar-refractivity contribution in [3.8, 4) is 0 Å². The van der Waals surface area contributed by atoms with Crippen LogP contribution in [0.5, 0.6) is 0 Å². The van der Waals surface area contributed by atoms with E-state index in [4.69, 9.17) is 4.74 Å². The van der Waals surface area contributed by atoms with Gasteiger partial charge in [0.05, 0.1) is 13.2 Å². The molecule has 2 N–H and O–H groups in total. The SMILES string of the molecule is CNS(=O)(=O)c1cc(C(=O)NCc2ccccc2CN2CCOCC2)n(C)c1. The highest BCUT2D eigenvalue weighted by Crippen LogP contribution is 2.15. The molecule has 2 aromatic rings. The molecule has 1 fully saturated rings. The van der Waals surface area contributed by atoms with E-state index in [2.05, 4.69) is 21.0 Å². The van der Waals surface area contributed by atoms with Crippen LogP contribution in [0.25, 0.3) is 0 Å². The number of morpholine rings is 1. The summed E-state index contributed by atoms with van der Waals surface area (Å²) in [6.07, 6.45) is 1.42. The minimum Gasteiger partial charge on any atom is -0.379 e. The minimum atomic E-state index is -3.59. The summed E-state index contributed by atoms with van der Waals surface area (Å²) in [7, 11) is -0.601. The summed E-state index contributed by atoms with van der Waals surface area (Å²) in [4.78, 5) is 15.0. The quantitative estimate of drug-likeness (QED) is 0.706. The summed E-state index contributed by atoms with van der Waals surface area (Å²) >= 11 is 0. The van der Waals surface area contributed by atoms with Crippen molar-refractivity contribution in [1.82, 2.24) is 19.5 Å². The maximum absolute atomic E-state index is 12.6. The van der Waals surface area contributed by atoms with Crippen molar-refractivity contribution in [3.05, 3.63) is 53.3 Å². The van der Waals surface area contributed by atoms with E-state index in [9.17, 15) is 13.2 Å². The predicted molar refractivity (Wildman–Crippen MR) is 105 cm³/mol. The van der Waals surface area contributed by atoms with Crippen LogP contribution in [0.15, 0.2) is 41.4 Å². The monoisotopic (exact) mass is 406 g/mol. The smallest absolute Gasteiger partial charge is 0.268 e. The van der Waals surface area contributed by atoms with Gasteiger partial charge in [-0.25, -0.2) is 13.1 Å². The number of amides is 1. The van der Waals surface area contributed by atoms with Crippen LogP contribution in [-0.2, 0) is 34.9 Å². The summed E-state index contributed by atoms with van der Waals surface area (Å²) < 4.78 is 33.0. The minimum absolute atomic E-state index is 0.0652. The fourth-order valence-electron chi connectivity index (χ4n) is 3.18. The van der Waals surface area contributed by atoms with Gasteiger partial charge in [0.15, 0.2) is 0 Å². The van der Waals surface area contributed by atoms with Gasteiger partial charge in [0.25, 0.3) is 5.91 Å². The van der Waals surface area contributed by atoms with Crippen molar-refractivity contribution >= 4 is 15.9 Å². The molecular weight excluding hydrogens is 380 g/mol. The number of ether oxygens (including phenoxy) is 1. The van der Waals surface area contributed by atoms with Gasteiger partial charge >= 0.3 is 0 Å². The third-order valence-electron chi connectivity index (χ3n) is 4.85. The van der Waals surface area contributed by atoms with E-state index in [1.165, 1.54) is 23.9 Å². The summed E-state index contributed by atoms with van der Waals surface area (Å²) in [6, 6.07) is 9.38. The fourth-order valence-corrected chi connectivity index (χ4v) is 3.97. The number of hydrogen-bond acceptors (Lipinski definition) is 5. The molecule has 1 aromatic heterocycles. The third-order valence-corrected chi connectivity index (χ3v) is 6.23. The van der Waals surface area contributed by atoms with Gasteiger partial charge in [-0.2, -0.15) is 0 Å². The first-order valence-corrected chi connectivity index (χ1v) is 10.6. The van der Waals surface area contributed by atoms with E-state index in [1.54, 1.807) is 7.05 Å². The van der Waals surface area contributed by atoms with Gasteiger partial charge in [0, 0.05) is 39.4 Å². The molecule has 1 amide bonds. The van der Waals surface area contributed by atoms with Crippen molar-refractivity contribution in [2.24, 2.45) is 7.05 Å². The Morgan fingerprint density at radius 2 is 1.86 bits per heavy atom. The van der Waals surface area contributed by atoms with Crippen molar-refractivity contribution in [1.29, 1.82) is 0 Å². The van der Waals surface area contributed by atoms with Crippen LogP contribution in [0.4, 0.5) is 0 Å². The van der Waals surface area contributed by atoms with Gasteiger partial charge in [-0.3, -0.25) is 9.69 Å². The van der Waals surface area contributed by atoms with Crippen LogP contribution in [0, 0.1) is 0 Å². The lowest BCUT2D eigenvalue weighted by Crippen LogP contribution is -2.36. The Kier molecular flexibility index (Phi) is 6.50. The van der Waals surface area contributed by atoms with Crippen LogP contribution in [0.3, 0.4) is 0 Å². The van der Waals surface area contributed by atoms with Gasteiger partial charge in [0.1, 0.15) is 10.6 Å². The second-order valence-corrected chi connectivity index (χ2v) is 8.61. The molecular formula is C19H26N4O4S.